The lowest BCUT2D eigenvalue weighted by molar-refractivity contribution is -0.384. The smallest absolute Gasteiger partial charge is 0.311 e. The number of pyridine rings is 1. The van der Waals surface area contributed by atoms with Crippen molar-refractivity contribution >= 4 is 27.4 Å². The number of benzene rings is 1. The van der Waals surface area contributed by atoms with Gasteiger partial charge in [-0.05, 0) is 18.2 Å². The number of anilines is 1. The van der Waals surface area contributed by atoms with Crippen molar-refractivity contribution in [3.8, 4) is 11.6 Å². The summed E-state index contributed by atoms with van der Waals surface area (Å²) in [6.45, 7) is 0. The highest BCUT2D eigenvalue weighted by Crippen LogP contribution is 2.28. The zero-order chi connectivity index (χ0) is 14.0. The Kier molecular flexibility index (Phi) is 3.61. The maximum Gasteiger partial charge on any atom is 0.311 e. The summed E-state index contributed by atoms with van der Waals surface area (Å²) in [5, 5.41) is 10.6. The van der Waals surface area contributed by atoms with Crippen molar-refractivity contribution in [1.82, 2.24) is 4.98 Å². The van der Waals surface area contributed by atoms with E-state index in [-0.39, 0.29) is 23.1 Å². The van der Waals surface area contributed by atoms with Gasteiger partial charge in [-0.1, -0.05) is 15.9 Å². The quantitative estimate of drug-likeness (QED) is 0.690. The molecular formula is C11H7BrFN3O3. The van der Waals surface area contributed by atoms with Crippen LogP contribution >= 0.6 is 15.9 Å². The first-order chi connectivity index (χ1) is 8.97. The minimum Gasteiger partial charge on any atom is -0.436 e. The number of nitrogens with zero attached hydrogens (tertiary/aromatic N) is 2. The molecule has 6 nitrogen and oxygen atoms in total. The summed E-state index contributed by atoms with van der Waals surface area (Å²) in [5.41, 5.74) is 5.07. The Balaban J connectivity index is 2.29. The summed E-state index contributed by atoms with van der Waals surface area (Å²) in [6, 6.07) is 6.61. The van der Waals surface area contributed by atoms with Crippen molar-refractivity contribution in [3.05, 3.63) is 50.7 Å². The fraction of sp³-hybridized carbons (Fsp3) is 0. The summed E-state index contributed by atoms with van der Waals surface area (Å²) in [6.07, 6.45) is 0. The van der Waals surface area contributed by atoms with Gasteiger partial charge in [-0.15, -0.1) is 0 Å². The van der Waals surface area contributed by atoms with Crippen LogP contribution in [0.1, 0.15) is 0 Å². The fourth-order valence-electron chi connectivity index (χ4n) is 1.33. The van der Waals surface area contributed by atoms with Crippen LogP contribution in [0.25, 0.3) is 0 Å². The van der Waals surface area contributed by atoms with E-state index in [1.54, 1.807) is 6.07 Å². The second kappa shape index (κ2) is 5.19. The van der Waals surface area contributed by atoms with Crippen LogP contribution < -0.4 is 10.5 Å². The molecule has 0 fully saturated rings. The van der Waals surface area contributed by atoms with E-state index in [0.29, 0.717) is 4.47 Å². The van der Waals surface area contributed by atoms with Gasteiger partial charge in [0.05, 0.1) is 4.92 Å². The summed E-state index contributed by atoms with van der Waals surface area (Å²) >= 11 is 3.11. The van der Waals surface area contributed by atoms with E-state index in [0.717, 1.165) is 6.07 Å². The third kappa shape index (κ3) is 2.97. The van der Waals surface area contributed by atoms with Crippen molar-refractivity contribution in [3.63, 3.8) is 0 Å². The molecule has 0 saturated heterocycles. The molecule has 98 valence electrons. The number of aromatic nitrogens is 1. The Hall–Kier alpha value is -2.22. The third-order valence-corrected chi connectivity index (χ3v) is 2.68. The number of hydrogen-bond donors (Lipinski definition) is 1. The summed E-state index contributed by atoms with van der Waals surface area (Å²) < 4.78 is 19.3. The van der Waals surface area contributed by atoms with E-state index >= 15 is 0 Å². The van der Waals surface area contributed by atoms with Crippen LogP contribution in [0.5, 0.6) is 11.6 Å². The van der Waals surface area contributed by atoms with Crippen molar-refractivity contribution < 1.29 is 14.1 Å². The van der Waals surface area contributed by atoms with E-state index < -0.39 is 10.7 Å². The van der Waals surface area contributed by atoms with E-state index in [1.165, 1.54) is 18.2 Å². The van der Waals surface area contributed by atoms with E-state index in [2.05, 4.69) is 20.9 Å². The molecule has 8 heteroatoms. The maximum absolute atomic E-state index is 13.5. The molecule has 2 rings (SSSR count). The number of rotatable bonds is 3. The molecule has 0 atom stereocenters. The van der Waals surface area contributed by atoms with Crippen LogP contribution in [0.3, 0.4) is 0 Å². The first-order valence-electron chi connectivity index (χ1n) is 5.01. The topological polar surface area (TPSA) is 91.3 Å². The first kappa shape index (κ1) is 13.2. The molecule has 0 aliphatic rings. The van der Waals surface area contributed by atoms with Crippen LogP contribution in [-0.4, -0.2) is 9.91 Å². The standard InChI is InChI=1S/C11H7BrFN3O3/c12-6-1-3-9(7(13)5-6)19-10-4-2-8(16(17)18)11(14)15-10/h1-5H,(H2,14,15). The van der Waals surface area contributed by atoms with Gasteiger partial charge in [0.15, 0.2) is 11.6 Å². The van der Waals surface area contributed by atoms with Crippen LogP contribution in [0.15, 0.2) is 34.8 Å². The predicted octanol–water partition coefficient (Wildman–Crippen LogP) is 3.27. The van der Waals surface area contributed by atoms with Gasteiger partial charge in [-0.25, -0.2) is 4.39 Å². The minimum atomic E-state index is -0.660. The summed E-state index contributed by atoms with van der Waals surface area (Å²) in [7, 11) is 0. The number of nitrogen functional groups attached to an aromatic ring is 1. The highest BCUT2D eigenvalue weighted by molar-refractivity contribution is 9.10. The highest BCUT2D eigenvalue weighted by Gasteiger charge is 2.14. The lowest BCUT2D eigenvalue weighted by Crippen LogP contribution is -2.00. The average Bonchev–Trinajstić information content (AvgIpc) is 2.32. The fourth-order valence-corrected chi connectivity index (χ4v) is 1.66. The van der Waals surface area contributed by atoms with Crippen molar-refractivity contribution in [1.29, 1.82) is 0 Å². The van der Waals surface area contributed by atoms with Gasteiger partial charge in [-0.3, -0.25) is 10.1 Å². The van der Waals surface area contributed by atoms with Crippen molar-refractivity contribution in [2.24, 2.45) is 0 Å². The second-order valence-electron chi connectivity index (χ2n) is 3.49. The van der Waals surface area contributed by atoms with E-state index in [9.17, 15) is 14.5 Å². The maximum atomic E-state index is 13.5. The Morgan fingerprint density at radius 3 is 2.68 bits per heavy atom. The van der Waals surface area contributed by atoms with Gasteiger partial charge in [-0.2, -0.15) is 4.98 Å². The zero-order valence-corrected chi connectivity index (χ0v) is 10.9. The Bertz CT molecular complexity index is 651. The zero-order valence-electron chi connectivity index (χ0n) is 9.34. The largest absolute Gasteiger partial charge is 0.436 e. The summed E-state index contributed by atoms with van der Waals surface area (Å²) in [4.78, 5) is 13.6. The molecule has 0 aliphatic carbocycles. The van der Waals surface area contributed by atoms with Crippen LogP contribution in [0.2, 0.25) is 0 Å². The third-order valence-electron chi connectivity index (χ3n) is 2.18. The predicted molar refractivity (Wildman–Crippen MR) is 69.5 cm³/mol. The number of nitrogens with two attached hydrogens (primary N) is 1. The molecule has 0 bridgehead atoms. The molecule has 0 aliphatic heterocycles. The molecule has 0 unspecified atom stereocenters. The lowest BCUT2D eigenvalue weighted by Gasteiger charge is -2.06. The van der Waals surface area contributed by atoms with E-state index in [4.69, 9.17) is 10.5 Å². The molecule has 1 aromatic carbocycles. The van der Waals surface area contributed by atoms with Gasteiger partial charge >= 0.3 is 5.69 Å². The van der Waals surface area contributed by atoms with Gasteiger partial charge in [0.1, 0.15) is 0 Å². The molecule has 0 saturated carbocycles. The van der Waals surface area contributed by atoms with Crippen molar-refractivity contribution in [2.75, 3.05) is 5.73 Å². The lowest BCUT2D eigenvalue weighted by atomic mass is 10.3. The van der Waals surface area contributed by atoms with E-state index in [1.807, 2.05) is 0 Å². The van der Waals surface area contributed by atoms with Crippen molar-refractivity contribution in [2.45, 2.75) is 0 Å². The highest BCUT2D eigenvalue weighted by atomic mass is 79.9. The summed E-state index contributed by atoms with van der Waals surface area (Å²) in [5.74, 6) is -0.957. The minimum absolute atomic E-state index is 0.0238. The van der Waals surface area contributed by atoms with Gasteiger partial charge in [0.2, 0.25) is 11.7 Å². The van der Waals surface area contributed by atoms with Crippen LogP contribution in [-0.2, 0) is 0 Å². The Labute approximate surface area is 115 Å². The Morgan fingerprint density at radius 2 is 2.11 bits per heavy atom. The molecule has 2 N–H and O–H groups in total. The average molecular weight is 328 g/mol. The molecule has 0 amide bonds. The number of hydrogen-bond acceptors (Lipinski definition) is 5. The molecule has 1 aromatic heterocycles. The van der Waals surface area contributed by atoms with Crippen LogP contribution in [0, 0.1) is 15.9 Å². The number of nitro groups is 1. The SMILES string of the molecule is Nc1nc(Oc2ccc(Br)cc2F)ccc1[N+](=O)[O-]. The molecule has 1 heterocycles. The molecule has 19 heavy (non-hydrogen) atoms. The Morgan fingerprint density at radius 1 is 1.37 bits per heavy atom. The molecular weight excluding hydrogens is 321 g/mol. The monoisotopic (exact) mass is 327 g/mol. The number of ether oxygens (including phenoxy) is 1. The van der Waals surface area contributed by atoms with Gasteiger partial charge < -0.3 is 10.5 Å². The molecule has 0 spiro atoms. The normalized spacial score (nSPS) is 10.2. The second-order valence-corrected chi connectivity index (χ2v) is 4.40. The van der Waals surface area contributed by atoms with Gasteiger partial charge in [0, 0.05) is 16.6 Å². The molecule has 0 radical (unpaired) electrons. The first-order valence-corrected chi connectivity index (χ1v) is 5.80. The van der Waals surface area contributed by atoms with Gasteiger partial charge in [0.25, 0.3) is 0 Å². The number of halogens is 2. The van der Waals surface area contributed by atoms with Crippen LogP contribution in [0.4, 0.5) is 15.9 Å². The molecule has 2 aromatic rings.